The maximum Gasteiger partial charge on any atom is 0.157 e. The van der Waals surface area contributed by atoms with E-state index in [-0.39, 0.29) is 5.78 Å². The van der Waals surface area contributed by atoms with E-state index in [1.54, 1.807) is 6.08 Å². The molecular weight excluding hydrogens is 176 g/mol. The Morgan fingerprint density at radius 2 is 2.43 bits per heavy atom. The summed E-state index contributed by atoms with van der Waals surface area (Å²) in [6.45, 7) is 5.67. The maximum absolute atomic E-state index is 11.4. The van der Waals surface area contributed by atoms with Crippen LogP contribution in [0, 0.1) is 0 Å². The zero-order valence-corrected chi connectivity index (χ0v) is 8.97. The van der Waals surface area contributed by atoms with Gasteiger partial charge in [-0.1, -0.05) is 13.3 Å². The lowest BCUT2D eigenvalue weighted by Gasteiger charge is -2.14. The first kappa shape index (κ1) is 11.0. The minimum absolute atomic E-state index is 0.200. The molecule has 1 aliphatic heterocycles. The van der Waals surface area contributed by atoms with Crippen molar-refractivity contribution in [2.24, 2.45) is 4.99 Å². The second-order valence-electron chi connectivity index (χ2n) is 3.52. The van der Waals surface area contributed by atoms with Gasteiger partial charge in [-0.05, 0) is 13.3 Å². The van der Waals surface area contributed by atoms with E-state index in [0.29, 0.717) is 6.42 Å². The maximum atomic E-state index is 11.4. The Bertz CT molecular complexity index is 266. The van der Waals surface area contributed by atoms with Gasteiger partial charge in [0, 0.05) is 19.0 Å². The molecule has 0 bridgehead atoms. The van der Waals surface area contributed by atoms with Crippen molar-refractivity contribution in [2.75, 3.05) is 13.1 Å². The molecule has 0 aromatic heterocycles. The summed E-state index contributed by atoms with van der Waals surface area (Å²) in [4.78, 5) is 15.7. The average molecular weight is 194 g/mol. The standard InChI is InChI=1S/C11H18N2O/c1-3-4-5-10(14)8-11-9(2)12-6-7-13-11/h8,13H,3-7H2,1-2H3/b11-8+. The SMILES string of the molecule is CCCCC(=O)/C=C1/NCCN=C1C. The number of rotatable bonds is 4. The van der Waals surface area contributed by atoms with E-state index in [9.17, 15) is 4.79 Å². The number of nitrogens with zero attached hydrogens (tertiary/aromatic N) is 1. The molecule has 14 heavy (non-hydrogen) atoms. The highest BCUT2D eigenvalue weighted by atomic mass is 16.1. The fourth-order valence-electron chi connectivity index (χ4n) is 1.37. The van der Waals surface area contributed by atoms with Crippen LogP contribution in [0.1, 0.15) is 33.1 Å². The monoisotopic (exact) mass is 194 g/mol. The molecule has 0 aromatic carbocycles. The Kier molecular flexibility index (Phi) is 4.36. The molecular formula is C11H18N2O. The second-order valence-corrected chi connectivity index (χ2v) is 3.52. The number of carbonyl (C=O) groups excluding carboxylic acids is 1. The van der Waals surface area contributed by atoms with Gasteiger partial charge < -0.3 is 5.32 Å². The quantitative estimate of drug-likeness (QED) is 0.692. The van der Waals surface area contributed by atoms with Crippen LogP contribution in [0.3, 0.4) is 0 Å². The molecule has 1 N–H and O–H groups in total. The van der Waals surface area contributed by atoms with Gasteiger partial charge in [-0.25, -0.2) is 0 Å². The zero-order valence-electron chi connectivity index (χ0n) is 8.97. The molecule has 0 saturated heterocycles. The van der Waals surface area contributed by atoms with Gasteiger partial charge in [0.1, 0.15) is 0 Å². The lowest BCUT2D eigenvalue weighted by Crippen LogP contribution is -2.27. The van der Waals surface area contributed by atoms with Crippen molar-refractivity contribution >= 4 is 11.5 Å². The average Bonchev–Trinajstić information content (AvgIpc) is 2.18. The van der Waals surface area contributed by atoms with Gasteiger partial charge in [-0.15, -0.1) is 0 Å². The third kappa shape index (κ3) is 3.32. The van der Waals surface area contributed by atoms with Crippen molar-refractivity contribution in [1.82, 2.24) is 5.32 Å². The fraction of sp³-hybridized carbons (Fsp3) is 0.636. The van der Waals surface area contributed by atoms with Gasteiger partial charge in [0.05, 0.1) is 18.0 Å². The summed E-state index contributed by atoms with van der Waals surface area (Å²) < 4.78 is 0. The van der Waals surface area contributed by atoms with Crippen LogP contribution in [0.15, 0.2) is 16.8 Å². The smallest absolute Gasteiger partial charge is 0.157 e. The molecule has 1 rings (SSSR count). The highest BCUT2D eigenvalue weighted by Crippen LogP contribution is 2.03. The van der Waals surface area contributed by atoms with Gasteiger partial charge >= 0.3 is 0 Å². The van der Waals surface area contributed by atoms with E-state index in [2.05, 4.69) is 17.2 Å². The predicted octanol–water partition coefficient (Wildman–Crippen LogP) is 1.69. The number of hydrogen-bond acceptors (Lipinski definition) is 3. The first-order chi connectivity index (χ1) is 6.74. The minimum atomic E-state index is 0.200. The molecule has 0 amide bonds. The van der Waals surface area contributed by atoms with Gasteiger partial charge in [-0.2, -0.15) is 0 Å². The summed E-state index contributed by atoms with van der Waals surface area (Å²) in [5.74, 6) is 0.200. The molecule has 0 radical (unpaired) electrons. The first-order valence-corrected chi connectivity index (χ1v) is 5.24. The molecule has 0 aromatic rings. The molecule has 78 valence electrons. The third-order valence-electron chi connectivity index (χ3n) is 2.25. The number of unbranched alkanes of at least 4 members (excludes halogenated alkanes) is 1. The van der Waals surface area contributed by atoms with Crippen molar-refractivity contribution in [3.05, 3.63) is 11.8 Å². The van der Waals surface area contributed by atoms with Crippen LogP contribution >= 0.6 is 0 Å². The molecule has 0 aliphatic carbocycles. The summed E-state index contributed by atoms with van der Waals surface area (Å²) in [7, 11) is 0. The molecule has 3 heteroatoms. The van der Waals surface area contributed by atoms with Crippen LogP contribution in [0.2, 0.25) is 0 Å². The Labute approximate surface area is 85.3 Å². The van der Waals surface area contributed by atoms with Crippen molar-refractivity contribution in [2.45, 2.75) is 33.1 Å². The van der Waals surface area contributed by atoms with Crippen LogP contribution in [0.25, 0.3) is 0 Å². The van der Waals surface area contributed by atoms with Gasteiger partial charge in [0.25, 0.3) is 0 Å². The Hall–Kier alpha value is -1.12. The summed E-state index contributed by atoms with van der Waals surface area (Å²) in [5.41, 5.74) is 1.85. The third-order valence-corrected chi connectivity index (χ3v) is 2.25. The molecule has 0 fully saturated rings. The lowest BCUT2D eigenvalue weighted by atomic mass is 10.1. The largest absolute Gasteiger partial charge is 0.382 e. The van der Waals surface area contributed by atoms with Crippen molar-refractivity contribution in [1.29, 1.82) is 0 Å². The van der Waals surface area contributed by atoms with Gasteiger partial charge in [0.15, 0.2) is 5.78 Å². The summed E-state index contributed by atoms with van der Waals surface area (Å²) >= 11 is 0. The molecule has 0 unspecified atom stereocenters. The van der Waals surface area contributed by atoms with Crippen LogP contribution in [-0.4, -0.2) is 24.6 Å². The molecule has 0 saturated carbocycles. The second kappa shape index (κ2) is 5.58. The topological polar surface area (TPSA) is 41.5 Å². The van der Waals surface area contributed by atoms with Crippen molar-refractivity contribution in [3.63, 3.8) is 0 Å². The van der Waals surface area contributed by atoms with E-state index in [1.165, 1.54) is 0 Å². The summed E-state index contributed by atoms with van der Waals surface area (Å²) in [5, 5.41) is 3.19. The van der Waals surface area contributed by atoms with Gasteiger partial charge in [-0.3, -0.25) is 9.79 Å². The van der Waals surface area contributed by atoms with E-state index in [1.807, 2.05) is 6.92 Å². The summed E-state index contributed by atoms with van der Waals surface area (Å²) in [6.07, 6.45) is 4.37. The number of carbonyl (C=O) groups is 1. The number of nitrogens with one attached hydrogen (secondary N) is 1. The van der Waals surface area contributed by atoms with Crippen molar-refractivity contribution < 1.29 is 4.79 Å². The highest BCUT2D eigenvalue weighted by molar-refractivity contribution is 6.04. The van der Waals surface area contributed by atoms with Crippen LogP contribution in [0.5, 0.6) is 0 Å². The first-order valence-electron chi connectivity index (χ1n) is 5.24. The summed E-state index contributed by atoms with van der Waals surface area (Å²) in [6, 6.07) is 0. The Balaban J connectivity index is 2.53. The predicted molar refractivity (Wildman–Crippen MR) is 58.6 cm³/mol. The number of hydrogen-bond donors (Lipinski definition) is 1. The molecule has 1 heterocycles. The van der Waals surface area contributed by atoms with E-state index in [4.69, 9.17) is 0 Å². The van der Waals surface area contributed by atoms with E-state index < -0.39 is 0 Å². The fourth-order valence-corrected chi connectivity index (χ4v) is 1.37. The molecule has 3 nitrogen and oxygen atoms in total. The van der Waals surface area contributed by atoms with Crippen LogP contribution in [0.4, 0.5) is 0 Å². The highest BCUT2D eigenvalue weighted by Gasteiger charge is 2.07. The van der Waals surface area contributed by atoms with Crippen LogP contribution < -0.4 is 5.32 Å². The van der Waals surface area contributed by atoms with Crippen LogP contribution in [-0.2, 0) is 4.79 Å². The molecule has 0 spiro atoms. The zero-order chi connectivity index (χ0) is 10.4. The number of aliphatic imine (C=N–C) groups is 1. The Morgan fingerprint density at radius 1 is 1.64 bits per heavy atom. The lowest BCUT2D eigenvalue weighted by molar-refractivity contribution is -0.114. The van der Waals surface area contributed by atoms with Crippen molar-refractivity contribution in [3.8, 4) is 0 Å². The Morgan fingerprint density at radius 3 is 3.07 bits per heavy atom. The number of allylic oxidation sites excluding steroid dienone is 2. The minimum Gasteiger partial charge on any atom is -0.382 e. The molecule has 0 atom stereocenters. The van der Waals surface area contributed by atoms with E-state index >= 15 is 0 Å². The number of ketones is 1. The molecule has 1 aliphatic rings. The normalized spacial score (nSPS) is 19.0. The van der Waals surface area contributed by atoms with E-state index in [0.717, 1.165) is 37.3 Å². The van der Waals surface area contributed by atoms with Gasteiger partial charge in [0.2, 0.25) is 0 Å².